The average Bonchev–Trinajstić information content (AvgIpc) is 2.53. The molecule has 0 radical (unpaired) electrons. The fraction of sp³-hybridized carbons (Fsp3) is 0.167. The summed E-state index contributed by atoms with van der Waals surface area (Å²) in [6.07, 6.45) is 0. The maximum atomic E-state index is 9.39. The van der Waals surface area contributed by atoms with Crippen LogP contribution in [0, 0.1) is 18.3 Å². The Hall–Kier alpha value is -1.93. The van der Waals surface area contributed by atoms with Gasteiger partial charge in [0.05, 0.1) is 5.69 Å². The second-order valence-corrected chi connectivity index (χ2v) is 4.66. The second kappa shape index (κ2) is 4.52. The average molecular weight is 245 g/mol. The molecule has 1 N–H and O–H groups in total. The Labute approximate surface area is 104 Å². The summed E-state index contributed by atoms with van der Waals surface area (Å²) < 4.78 is 1.68. The Morgan fingerprint density at radius 3 is 2.88 bits per heavy atom. The predicted molar refractivity (Wildman–Crippen MR) is 64.9 cm³/mol. The molecule has 1 heterocycles. The molecule has 17 heavy (non-hydrogen) atoms. The number of hydrogen-bond acceptors (Lipinski definition) is 4. The third kappa shape index (κ3) is 2.27. The zero-order chi connectivity index (χ0) is 12.4. The molecular weight excluding hydrogens is 234 g/mol. The number of aromatic nitrogens is 2. The highest BCUT2D eigenvalue weighted by Gasteiger charge is 2.14. The molecule has 0 unspecified atom stereocenters. The standard InChI is InChI=1S/C12H11N3OS/c1-8-11(7-13)12(15(2)14-8)17-10-5-3-4-9(16)6-10/h3-6,16H,1-2H3. The van der Waals surface area contributed by atoms with Gasteiger partial charge < -0.3 is 5.11 Å². The molecular formula is C12H11N3OS. The van der Waals surface area contributed by atoms with Crippen LogP contribution in [0.5, 0.6) is 5.75 Å². The van der Waals surface area contributed by atoms with Gasteiger partial charge in [0.1, 0.15) is 22.4 Å². The number of phenols is 1. The minimum atomic E-state index is 0.215. The van der Waals surface area contributed by atoms with Crippen molar-refractivity contribution >= 4 is 11.8 Å². The molecule has 0 atom stereocenters. The van der Waals surface area contributed by atoms with E-state index in [0.717, 1.165) is 15.6 Å². The monoisotopic (exact) mass is 245 g/mol. The van der Waals surface area contributed by atoms with Crippen molar-refractivity contribution in [2.75, 3.05) is 0 Å². The molecule has 2 rings (SSSR count). The van der Waals surface area contributed by atoms with Crippen LogP contribution in [0.1, 0.15) is 11.3 Å². The highest BCUT2D eigenvalue weighted by molar-refractivity contribution is 7.99. The largest absolute Gasteiger partial charge is 0.508 e. The first-order valence-electron chi connectivity index (χ1n) is 5.02. The van der Waals surface area contributed by atoms with E-state index < -0.39 is 0 Å². The summed E-state index contributed by atoms with van der Waals surface area (Å²) in [6.45, 7) is 1.81. The van der Waals surface area contributed by atoms with E-state index in [2.05, 4.69) is 11.2 Å². The molecule has 0 amide bonds. The Balaban J connectivity index is 2.40. The molecule has 86 valence electrons. The summed E-state index contributed by atoms with van der Waals surface area (Å²) >= 11 is 1.42. The molecule has 0 bridgehead atoms. The molecule has 2 aromatic rings. The quantitative estimate of drug-likeness (QED) is 0.882. The van der Waals surface area contributed by atoms with Gasteiger partial charge in [-0.25, -0.2) is 0 Å². The van der Waals surface area contributed by atoms with Crippen molar-refractivity contribution in [1.29, 1.82) is 5.26 Å². The minimum Gasteiger partial charge on any atom is -0.508 e. The lowest BCUT2D eigenvalue weighted by Gasteiger charge is -2.02. The smallest absolute Gasteiger partial charge is 0.117 e. The van der Waals surface area contributed by atoms with E-state index in [0.29, 0.717) is 5.56 Å². The van der Waals surface area contributed by atoms with Gasteiger partial charge in [-0.05, 0) is 25.1 Å². The van der Waals surface area contributed by atoms with Crippen LogP contribution in [0.2, 0.25) is 0 Å². The molecule has 0 fully saturated rings. The second-order valence-electron chi connectivity index (χ2n) is 3.60. The van der Waals surface area contributed by atoms with Gasteiger partial charge in [0.15, 0.2) is 0 Å². The van der Waals surface area contributed by atoms with Gasteiger partial charge in [-0.15, -0.1) is 0 Å². The van der Waals surface area contributed by atoms with E-state index in [1.807, 2.05) is 13.0 Å². The van der Waals surface area contributed by atoms with Crippen LogP contribution >= 0.6 is 11.8 Å². The fourth-order valence-corrected chi connectivity index (χ4v) is 2.56. The van der Waals surface area contributed by atoms with Gasteiger partial charge >= 0.3 is 0 Å². The minimum absolute atomic E-state index is 0.215. The number of aromatic hydroxyl groups is 1. The van der Waals surface area contributed by atoms with Crippen LogP contribution in [-0.4, -0.2) is 14.9 Å². The van der Waals surface area contributed by atoms with Crippen LogP contribution in [0.25, 0.3) is 0 Å². The fourth-order valence-electron chi connectivity index (χ4n) is 1.54. The summed E-state index contributed by atoms with van der Waals surface area (Å²) in [5.41, 5.74) is 1.30. The highest BCUT2D eigenvalue weighted by Crippen LogP contribution is 2.32. The topological polar surface area (TPSA) is 61.8 Å². The maximum absolute atomic E-state index is 9.39. The normalized spacial score (nSPS) is 10.2. The lowest BCUT2D eigenvalue weighted by atomic mass is 10.3. The number of nitrogens with zero attached hydrogens (tertiary/aromatic N) is 3. The van der Waals surface area contributed by atoms with E-state index in [1.54, 1.807) is 29.9 Å². The molecule has 0 aliphatic rings. The van der Waals surface area contributed by atoms with Crippen molar-refractivity contribution in [2.24, 2.45) is 7.05 Å². The van der Waals surface area contributed by atoms with Crippen LogP contribution in [0.15, 0.2) is 34.2 Å². The van der Waals surface area contributed by atoms with Crippen LogP contribution < -0.4 is 0 Å². The van der Waals surface area contributed by atoms with Crippen molar-refractivity contribution in [1.82, 2.24) is 9.78 Å². The Bertz CT molecular complexity index is 598. The summed E-state index contributed by atoms with van der Waals surface area (Å²) in [5, 5.41) is 23.5. The van der Waals surface area contributed by atoms with E-state index in [-0.39, 0.29) is 5.75 Å². The third-order valence-electron chi connectivity index (χ3n) is 2.31. The number of benzene rings is 1. The summed E-state index contributed by atoms with van der Waals surface area (Å²) in [6, 6.07) is 9.08. The first kappa shape index (κ1) is 11.6. The molecule has 0 aliphatic carbocycles. The van der Waals surface area contributed by atoms with Crippen LogP contribution in [0.4, 0.5) is 0 Å². The van der Waals surface area contributed by atoms with Crippen molar-refractivity contribution in [3.8, 4) is 11.8 Å². The molecule has 1 aromatic carbocycles. The zero-order valence-electron chi connectivity index (χ0n) is 9.51. The number of phenolic OH excluding ortho intramolecular Hbond substituents is 1. The lowest BCUT2D eigenvalue weighted by molar-refractivity contribution is 0.474. The first-order valence-corrected chi connectivity index (χ1v) is 5.84. The Kier molecular flexibility index (Phi) is 3.07. The molecule has 0 saturated carbocycles. The maximum Gasteiger partial charge on any atom is 0.117 e. The van der Waals surface area contributed by atoms with Gasteiger partial charge in [0.25, 0.3) is 0 Å². The van der Waals surface area contributed by atoms with Crippen LogP contribution in [-0.2, 0) is 7.05 Å². The van der Waals surface area contributed by atoms with Gasteiger partial charge in [0.2, 0.25) is 0 Å². The Morgan fingerprint density at radius 1 is 1.47 bits per heavy atom. The van der Waals surface area contributed by atoms with Crippen LogP contribution in [0.3, 0.4) is 0 Å². The summed E-state index contributed by atoms with van der Waals surface area (Å²) in [7, 11) is 1.80. The molecule has 0 spiro atoms. The van der Waals surface area contributed by atoms with Crippen molar-refractivity contribution < 1.29 is 5.11 Å². The van der Waals surface area contributed by atoms with E-state index in [1.165, 1.54) is 11.8 Å². The predicted octanol–water partition coefficient (Wildman–Crippen LogP) is 2.46. The van der Waals surface area contributed by atoms with Gasteiger partial charge in [-0.2, -0.15) is 10.4 Å². The molecule has 5 heteroatoms. The van der Waals surface area contributed by atoms with Crippen molar-refractivity contribution in [3.63, 3.8) is 0 Å². The van der Waals surface area contributed by atoms with Crippen molar-refractivity contribution in [3.05, 3.63) is 35.5 Å². The summed E-state index contributed by atoms with van der Waals surface area (Å²) in [5.74, 6) is 0.215. The number of hydrogen-bond donors (Lipinski definition) is 1. The third-order valence-corrected chi connectivity index (χ3v) is 3.46. The SMILES string of the molecule is Cc1nn(C)c(Sc2cccc(O)c2)c1C#N. The molecule has 4 nitrogen and oxygen atoms in total. The van der Waals surface area contributed by atoms with Gasteiger partial charge in [0, 0.05) is 11.9 Å². The number of aryl methyl sites for hydroxylation is 2. The van der Waals surface area contributed by atoms with Gasteiger partial charge in [-0.1, -0.05) is 17.8 Å². The number of nitriles is 1. The highest BCUT2D eigenvalue weighted by atomic mass is 32.2. The van der Waals surface area contributed by atoms with E-state index >= 15 is 0 Å². The lowest BCUT2D eigenvalue weighted by Crippen LogP contribution is -1.92. The molecule has 1 aromatic heterocycles. The Morgan fingerprint density at radius 2 is 2.24 bits per heavy atom. The van der Waals surface area contributed by atoms with E-state index in [4.69, 9.17) is 5.26 Å². The molecule has 0 saturated heterocycles. The number of rotatable bonds is 2. The van der Waals surface area contributed by atoms with Gasteiger partial charge in [-0.3, -0.25) is 4.68 Å². The summed E-state index contributed by atoms with van der Waals surface area (Å²) in [4.78, 5) is 0.879. The molecule has 0 aliphatic heterocycles. The first-order chi connectivity index (χ1) is 8.11. The van der Waals surface area contributed by atoms with Crippen molar-refractivity contribution in [2.45, 2.75) is 16.8 Å². The van der Waals surface area contributed by atoms with E-state index in [9.17, 15) is 5.11 Å². The zero-order valence-corrected chi connectivity index (χ0v) is 10.3.